The van der Waals surface area contributed by atoms with Gasteiger partial charge in [-0.2, -0.15) is 5.10 Å². The third-order valence-electron chi connectivity index (χ3n) is 5.73. The first-order valence-electron chi connectivity index (χ1n) is 10.6. The quantitative estimate of drug-likeness (QED) is 0.581. The molecule has 3 aromatic rings. The highest BCUT2D eigenvalue weighted by atomic mass is 19.1. The number of nitrogens with one attached hydrogen (secondary N) is 1. The van der Waals surface area contributed by atoms with Crippen molar-refractivity contribution in [2.75, 3.05) is 24.1 Å². The van der Waals surface area contributed by atoms with Gasteiger partial charge in [-0.3, -0.25) is 14.4 Å². The van der Waals surface area contributed by atoms with Crippen molar-refractivity contribution in [3.05, 3.63) is 71.7 Å². The molecule has 33 heavy (non-hydrogen) atoms. The van der Waals surface area contributed by atoms with Crippen LogP contribution < -0.4 is 11.1 Å². The normalized spacial score (nSPS) is 14.2. The molecule has 1 saturated heterocycles. The number of ketones is 1. The van der Waals surface area contributed by atoms with Crippen LogP contribution in [0.5, 0.6) is 0 Å². The largest absolute Gasteiger partial charge is 0.383 e. The number of carbonyl (C=O) groups excluding carboxylic acids is 3. The van der Waals surface area contributed by atoms with E-state index in [1.54, 1.807) is 41.3 Å². The Labute approximate surface area is 190 Å². The Hall–Kier alpha value is -4.01. The molecule has 0 bridgehead atoms. The summed E-state index contributed by atoms with van der Waals surface area (Å²) in [5, 5.41) is 6.83. The van der Waals surface area contributed by atoms with Crippen LogP contribution in [0.3, 0.4) is 0 Å². The van der Waals surface area contributed by atoms with Crippen molar-refractivity contribution in [1.29, 1.82) is 0 Å². The zero-order valence-corrected chi connectivity index (χ0v) is 18.1. The fourth-order valence-electron chi connectivity index (χ4n) is 4.01. The SMILES string of the molecule is CC(=O)Nc1ccc(C(=O)N2CCC(C(=O)c3cnn(-c4cccc(F)c4)c3N)CC2)cc1. The number of amides is 2. The summed E-state index contributed by atoms with van der Waals surface area (Å²) in [5.41, 5.74) is 8.05. The maximum absolute atomic E-state index is 13.5. The smallest absolute Gasteiger partial charge is 0.253 e. The molecule has 9 heteroatoms. The summed E-state index contributed by atoms with van der Waals surface area (Å²) >= 11 is 0. The number of aromatic nitrogens is 2. The molecule has 170 valence electrons. The summed E-state index contributed by atoms with van der Waals surface area (Å²) in [5.74, 6) is -0.942. The highest BCUT2D eigenvalue weighted by Gasteiger charge is 2.30. The second-order valence-corrected chi connectivity index (χ2v) is 8.02. The third-order valence-corrected chi connectivity index (χ3v) is 5.73. The van der Waals surface area contributed by atoms with Gasteiger partial charge in [-0.05, 0) is 55.3 Å². The Balaban J connectivity index is 1.39. The van der Waals surface area contributed by atoms with Gasteiger partial charge in [-0.15, -0.1) is 0 Å². The van der Waals surface area contributed by atoms with Crippen molar-refractivity contribution in [3.8, 4) is 5.69 Å². The van der Waals surface area contributed by atoms with E-state index in [0.29, 0.717) is 48.4 Å². The number of hydrogen-bond acceptors (Lipinski definition) is 5. The predicted molar refractivity (Wildman–Crippen MR) is 122 cm³/mol. The Morgan fingerprint density at radius 1 is 1.09 bits per heavy atom. The third kappa shape index (κ3) is 4.77. The molecular formula is C24H24FN5O3. The Morgan fingerprint density at radius 3 is 2.42 bits per heavy atom. The first kappa shape index (κ1) is 22.2. The molecule has 2 amide bonds. The number of halogens is 1. The van der Waals surface area contributed by atoms with Crippen molar-refractivity contribution in [2.45, 2.75) is 19.8 Å². The van der Waals surface area contributed by atoms with Gasteiger partial charge in [0.05, 0.1) is 17.4 Å². The van der Waals surface area contributed by atoms with Gasteiger partial charge in [0.15, 0.2) is 5.78 Å². The lowest BCUT2D eigenvalue weighted by Crippen LogP contribution is -2.40. The molecule has 0 saturated carbocycles. The summed E-state index contributed by atoms with van der Waals surface area (Å²) in [4.78, 5) is 38.7. The van der Waals surface area contributed by atoms with Gasteiger partial charge >= 0.3 is 0 Å². The lowest BCUT2D eigenvalue weighted by Gasteiger charge is -2.31. The van der Waals surface area contributed by atoms with Gasteiger partial charge in [-0.1, -0.05) is 6.07 Å². The van der Waals surface area contributed by atoms with Crippen LogP contribution >= 0.6 is 0 Å². The van der Waals surface area contributed by atoms with Crippen LogP contribution in [0, 0.1) is 11.7 Å². The molecule has 0 spiro atoms. The molecule has 1 aromatic heterocycles. The highest BCUT2D eigenvalue weighted by molar-refractivity contribution is 6.02. The lowest BCUT2D eigenvalue weighted by molar-refractivity contribution is -0.114. The summed E-state index contributed by atoms with van der Waals surface area (Å²) in [6, 6.07) is 12.5. The lowest BCUT2D eigenvalue weighted by atomic mass is 9.89. The van der Waals surface area contributed by atoms with Crippen molar-refractivity contribution >= 4 is 29.1 Å². The number of anilines is 2. The number of benzene rings is 2. The second-order valence-electron chi connectivity index (χ2n) is 8.02. The number of rotatable bonds is 5. The van der Waals surface area contributed by atoms with Crippen LogP contribution in [0.2, 0.25) is 0 Å². The molecule has 0 radical (unpaired) electrons. The Kier molecular flexibility index (Phi) is 6.21. The van der Waals surface area contributed by atoms with E-state index in [2.05, 4.69) is 10.4 Å². The number of nitrogen functional groups attached to an aromatic ring is 1. The first-order valence-corrected chi connectivity index (χ1v) is 10.6. The average Bonchev–Trinajstić information content (AvgIpc) is 3.19. The highest BCUT2D eigenvalue weighted by Crippen LogP contribution is 2.27. The van der Waals surface area contributed by atoms with Crippen molar-refractivity contribution in [2.24, 2.45) is 5.92 Å². The molecule has 2 heterocycles. The number of piperidine rings is 1. The maximum Gasteiger partial charge on any atom is 0.253 e. The summed E-state index contributed by atoms with van der Waals surface area (Å²) in [7, 11) is 0. The van der Waals surface area contributed by atoms with E-state index >= 15 is 0 Å². The fourth-order valence-corrected chi connectivity index (χ4v) is 4.01. The zero-order valence-electron chi connectivity index (χ0n) is 18.1. The van der Waals surface area contributed by atoms with Crippen molar-refractivity contribution in [3.63, 3.8) is 0 Å². The van der Waals surface area contributed by atoms with E-state index < -0.39 is 5.82 Å². The molecule has 0 atom stereocenters. The van der Waals surface area contributed by atoms with Crippen molar-refractivity contribution in [1.82, 2.24) is 14.7 Å². The van der Waals surface area contributed by atoms with Gasteiger partial charge in [0, 0.05) is 37.2 Å². The molecule has 0 aliphatic carbocycles. The van der Waals surface area contributed by atoms with Gasteiger partial charge in [-0.25, -0.2) is 9.07 Å². The van der Waals surface area contributed by atoms with Gasteiger partial charge in [0.1, 0.15) is 11.6 Å². The van der Waals surface area contributed by atoms with Gasteiger partial charge in [0.2, 0.25) is 5.91 Å². The standard InChI is InChI=1S/C24H24FN5O3/c1-15(31)28-19-7-5-17(6-8-19)24(33)29-11-9-16(10-12-29)22(32)21-14-27-30(23(21)26)20-4-2-3-18(25)13-20/h2-8,13-14,16H,9-12,26H2,1H3,(H,28,31). The van der Waals surface area contributed by atoms with Crippen LogP contribution in [-0.2, 0) is 4.79 Å². The molecule has 3 N–H and O–H groups in total. The molecule has 4 rings (SSSR count). The fraction of sp³-hybridized carbons (Fsp3) is 0.250. The second kappa shape index (κ2) is 9.23. The van der Waals surface area contributed by atoms with Crippen LogP contribution in [0.4, 0.5) is 15.9 Å². The minimum atomic E-state index is -0.419. The molecule has 0 unspecified atom stereocenters. The van der Waals surface area contributed by atoms with E-state index in [9.17, 15) is 18.8 Å². The number of nitrogens with two attached hydrogens (primary N) is 1. The van der Waals surface area contributed by atoms with E-state index in [4.69, 9.17) is 5.73 Å². The summed E-state index contributed by atoms with van der Waals surface area (Å²) < 4.78 is 14.9. The van der Waals surface area contributed by atoms with Crippen LogP contribution in [0.1, 0.15) is 40.5 Å². The van der Waals surface area contributed by atoms with Gasteiger partial charge in [0.25, 0.3) is 5.91 Å². The minimum absolute atomic E-state index is 0.117. The molecule has 1 fully saturated rings. The number of Topliss-reactive ketones (excluding diaryl/α,β-unsaturated/α-hetero) is 1. The average molecular weight is 449 g/mol. The van der Waals surface area contributed by atoms with E-state index in [1.807, 2.05) is 0 Å². The number of carbonyl (C=O) groups is 3. The van der Waals surface area contributed by atoms with Gasteiger partial charge < -0.3 is 16.0 Å². The number of nitrogens with zero attached hydrogens (tertiary/aromatic N) is 3. The maximum atomic E-state index is 13.5. The topological polar surface area (TPSA) is 110 Å². The molecule has 1 aliphatic heterocycles. The minimum Gasteiger partial charge on any atom is -0.383 e. The molecular weight excluding hydrogens is 425 g/mol. The zero-order chi connectivity index (χ0) is 23.5. The molecule has 8 nitrogen and oxygen atoms in total. The first-order chi connectivity index (χ1) is 15.8. The van der Waals surface area contributed by atoms with Crippen molar-refractivity contribution < 1.29 is 18.8 Å². The monoisotopic (exact) mass is 449 g/mol. The van der Waals surface area contributed by atoms with E-state index in [0.717, 1.165) is 0 Å². The summed E-state index contributed by atoms with van der Waals surface area (Å²) in [6.07, 6.45) is 2.44. The van der Waals surface area contributed by atoms with Crippen LogP contribution in [0.15, 0.2) is 54.7 Å². The summed E-state index contributed by atoms with van der Waals surface area (Å²) in [6.45, 7) is 2.31. The molecule has 2 aromatic carbocycles. The van der Waals surface area contributed by atoms with Crippen LogP contribution in [-0.4, -0.2) is 45.4 Å². The predicted octanol–water partition coefficient (Wildman–Crippen LogP) is 3.29. The van der Waals surface area contributed by atoms with E-state index in [-0.39, 0.29) is 29.3 Å². The number of hydrogen-bond donors (Lipinski definition) is 2. The Bertz CT molecular complexity index is 1200. The van der Waals surface area contributed by atoms with Crippen LogP contribution in [0.25, 0.3) is 5.69 Å². The Morgan fingerprint density at radius 2 is 1.79 bits per heavy atom. The number of likely N-dealkylation sites (tertiary alicyclic amines) is 1. The molecule has 1 aliphatic rings. The van der Waals surface area contributed by atoms with E-state index in [1.165, 1.54) is 29.9 Å².